The normalized spacial score (nSPS) is 10.9. The number of nitriles is 1. The van der Waals surface area contributed by atoms with E-state index in [9.17, 15) is 5.26 Å². The lowest BCUT2D eigenvalue weighted by Gasteiger charge is -2.13. The first-order valence-electron chi connectivity index (χ1n) is 9.06. The summed E-state index contributed by atoms with van der Waals surface area (Å²) in [6.45, 7) is 0. The highest BCUT2D eigenvalue weighted by Crippen LogP contribution is 2.39. The quantitative estimate of drug-likeness (QED) is 0.311. The topological polar surface area (TPSA) is 52.5 Å². The van der Waals surface area contributed by atoms with Crippen LogP contribution in [0.15, 0.2) is 82.8 Å². The van der Waals surface area contributed by atoms with Gasteiger partial charge in [0.1, 0.15) is 6.07 Å². The molecule has 0 aliphatic rings. The van der Waals surface area contributed by atoms with Crippen LogP contribution in [0.5, 0.6) is 0 Å². The van der Waals surface area contributed by atoms with Gasteiger partial charge in [-0.3, -0.25) is 0 Å². The first-order chi connectivity index (χ1) is 14.3. The molecule has 0 aliphatic heterocycles. The highest BCUT2D eigenvalue weighted by atomic mass is 79.9. The number of rotatable bonds is 3. The number of halogens is 1. The molecule has 0 saturated heterocycles. The summed E-state index contributed by atoms with van der Waals surface area (Å²) >= 11 is 5.29. The number of hydrogen-bond acceptors (Lipinski definition) is 3. The molecule has 0 spiro atoms. The number of fused-ring (bicyclic) bond motifs is 1. The summed E-state index contributed by atoms with van der Waals surface area (Å²) in [5.41, 5.74) is 5.94. The second-order valence-corrected chi connectivity index (χ2v) is 8.40. The maximum atomic E-state index is 10.1. The molecular weight excluding hydrogens is 442 g/mol. The molecule has 1 N–H and O–H groups in total. The van der Waals surface area contributed by atoms with Crippen LogP contribution in [0.4, 0.5) is 0 Å². The van der Waals surface area contributed by atoms with Crippen LogP contribution >= 0.6 is 27.3 Å². The second-order valence-electron chi connectivity index (χ2n) is 6.60. The van der Waals surface area contributed by atoms with Crippen molar-refractivity contribution in [3.05, 3.63) is 88.3 Å². The molecule has 3 aromatic heterocycles. The van der Waals surface area contributed by atoms with Crippen LogP contribution in [0.3, 0.4) is 0 Å². The monoisotopic (exact) mass is 455 g/mol. The van der Waals surface area contributed by atoms with Gasteiger partial charge in [0.2, 0.25) is 0 Å². The molecule has 5 heteroatoms. The number of benzene rings is 2. The lowest BCUT2D eigenvalue weighted by molar-refractivity contribution is 1.31. The van der Waals surface area contributed by atoms with E-state index in [2.05, 4.69) is 39.1 Å². The number of aromatic nitrogens is 2. The van der Waals surface area contributed by atoms with Crippen molar-refractivity contribution >= 4 is 38.2 Å². The summed E-state index contributed by atoms with van der Waals surface area (Å²) in [6.07, 6.45) is 1.94. The highest BCUT2D eigenvalue weighted by Gasteiger charge is 2.20. The van der Waals surface area contributed by atoms with Crippen LogP contribution in [-0.4, -0.2) is 9.97 Å². The lowest BCUT2D eigenvalue weighted by atomic mass is 9.95. The predicted octanol–water partition coefficient (Wildman–Crippen LogP) is 7.26. The van der Waals surface area contributed by atoms with Gasteiger partial charge in [0.05, 0.1) is 21.8 Å². The minimum Gasteiger partial charge on any atom is -0.360 e. The molecule has 0 saturated carbocycles. The summed E-state index contributed by atoms with van der Waals surface area (Å²) < 4.78 is 0.949. The molecule has 0 amide bonds. The van der Waals surface area contributed by atoms with Gasteiger partial charge in [-0.15, -0.1) is 11.3 Å². The molecule has 0 bridgehead atoms. The summed E-state index contributed by atoms with van der Waals surface area (Å²) in [4.78, 5) is 9.33. The molecule has 5 rings (SSSR count). The molecule has 2 aromatic carbocycles. The van der Waals surface area contributed by atoms with E-state index in [1.165, 1.54) is 0 Å². The predicted molar refractivity (Wildman–Crippen MR) is 123 cm³/mol. The van der Waals surface area contributed by atoms with Crippen molar-refractivity contribution < 1.29 is 0 Å². The third kappa shape index (κ3) is 3.07. The van der Waals surface area contributed by atoms with Gasteiger partial charge in [-0.1, -0.05) is 58.4 Å². The summed E-state index contributed by atoms with van der Waals surface area (Å²) in [6, 6.07) is 24.6. The average molecular weight is 456 g/mol. The molecule has 5 aromatic rings. The molecule has 138 valence electrons. The van der Waals surface area contributed by atoms with Crippen LogP contribution < -0.4 is 0 Å². The van der Waals surface area contributed by atoms with E-state index in [4.69, 9.17) is 4.98 Å². The Morgan fingerprint density at radius 1 is 0.931 bits per heavy atom. The number of hydrogen-bond donors (Lipinski definition) is 1. The number of para-hydroxylation sites is 1. The Bertz CT molecular complexity index is 1380. The van der Waals surface area contributed by atoms with E-state index in [1.54, 1.807) is 11.3 Å². The van der Waals surface area contributed by atoms with Gasteiger partial charge in [0.15, 0.2) is 0 Å². The first-order valence-corrected chi connectivity index (χ1v) is 10.7. The molecule has 29 heavy (non-hydrogen) atoms. The van der Waals surface area contributed by atoms with Gasteiger partial charge in [0, 0.05) is 32.7 Å². The van der Waals surface area contributed by atoms with E-state index in [0.29, 0.717) is 11.3 Å². The van der Waals surface area contributed by atoms with Crippen molar-refractivity contribution in [3.63, 3.8) is 0 Å². The van der Waals surface area contributed by atoms with Gasteiger partial charge in [-0.2, -0.15) is 5.26 Å². The smallest absolute Gasteiger partial charge is 0.102 e. The van der Waals surface area contributed by atoms with Crippen LogP contribution in [0, 0.1) is 11.3 Å². The second kappa shape index (κ2) is 7.32. The average Bonchev–Trinajstić information content (AvgIpc) is 3.43. The third-order valence-corrected chi connectivity index (χ3v) is 6.50. The summed E-state index contributed by atoms with van der Waals surface area (Å²) in [5.74, 6) is 0. The van der Waals surface area contributed by atoms with Gasteiger partial charge in [-0.05, 0) is 35.2 Å². The van der Waals surface area contributed by atoms with Gasteiger partial charge < -0.3 is 4.98 Å². The number of pyridine rings is 1. The number of nitrogens with one attached hydrogen (secondary N) is 1. The Labute approximate surface area is 180 Å². The SMILES string of the molecule is N#Cc1c(-c2ccccc2Br)cc(-c2cccs2)nc1-c1c[nH]c2ccccc12. The van der Waals surface area contributed by atoms with Crippen molar-refractivity contribution in [3.8, 4) is 39.0 Å². The van der Waals surface area contributed by atoms with Crippen molar-refractivity contribution in [2.24, 2.45) is 0 Å². The third-order valence-electron chi connectivity index (χ3n) is 4.91. The minimum atomic E-state index is 0.571. The Morgan fingerprint density at radius 2 is 1.76 bits per heavy atom. The molecule has 0 unspecified atom stereocenters. The first kappa shape index (κ1) is 17.9. The summed E-state index contributed by atoms with van der Waals surface area (Å²) in [7, 11) is 0. The zero-order chi connectivity index (χ0) is 19.8. The molecule has 3 heterocycles. The fraction of sp³-hybridized carbons (Fsp3) is 0. The van der Waals surface area contributed by atoms with E-state index in [-0.39, 0.29) is 0 Å². The Balaban J connectivity index is 1.87. The number of thiophene rings is 1. The highest BCUT2D eigenvalue weighted by molar-refractivity contribution is 9.10. The van der Waals surface area contributed by atoms with Gasteiger partial charge in [-0.25, -0.2) is 4.98 Å². The fourth-order valence-electron chi connectivity index (χ4n) is 3.56. The number of nitrogens with zero attached hydrogens (tertiary/aromatic N) is 2. The lowest BCUT2D eigenvalue weighted by Crippen LogP contribution is -1.96. The van der Waals surface area contributed by atoms with Crippen LogP contribution in [-0.2, 0) is 0 Å². The zero-order valence-electron chi connectivity index (χ0n) is 15.2. The maximum Gasteiger partial charge on any atom is 0.102 e. The zero-order valence-corrected chi connectivity index (χ0v) is 17.6. The van der Waals surface area contributed by atoms with Gasteiger partial charge >= 0.3 is 0 Å². The molecular formula is C24H14BrN3S. The van der Waals surface area contributed by atoms with E-state index in [1.807, 2.05) is 66.2 Å². The Morgan fingerprint density at radius 3 is 2.55 bits per heavy atom. The fourth-order valence-corrected chi connectivity index (χ4v) is 4.75. The molecule has 3 nitrogen and oxygen atoms in total. The molecule has 0 aliphatic carbocycles. The molecule has 0 atom stereocenters. The largest absolute Gasteiger partial charge is 0.360 e. The van der Waals surface area contributed by atoms with E-state index >= 15 is 0 Å². The van der Waals surface area contributed by atoms with Gasteiger partial charge in [0.25, 0.3) is 0 Å². The van der Waals surface area contributed by atoms with Crippen LogP contribution in [0.1, 0.15) is 5.56 Å². The van der Waals surface area contributed by atoms with Crippen LogP contribution in [0.25, 0.3) is 43.9 Å². The molecule has 0 fully saturated rings. The van der Waals surface area contributed by atoms with E-state index in [0.717, 1.165) is 42.6 Å². The number of aromatic amines is 1. The standard InChI is InChI=1S/C24H14BrN3S/c25-20-8-3-1-6-15(20)17-12-22(23-10-5-11-29-23)28-24(18(17)13-26)19-14-27-21-9-4-2-7-16(19)21/h1-12,14,27H. The van der Waals surface area contributed by atoms with Crippen molar-refractivity contribution in [2.75, 3.05) is 0 Å². The van der Waals surface area contributed by atoms with Crippen LogP contribution in [0.2, 0.25) is 0 Å². The minimum absolute atomic E-state index is 0.571. The van der Waals surface area contributed by atoms with Crippen molar-refractivity contribution in [2.45, 2.75) is 0 Å². The van der Waals surface area contributed by atoms with Crippen molar-refractivity contribution in [1.29, 1.82) is 5.26 Å². The van der Waals surface area contributed by atoms with E-state index < -0.39 is 0 Å². The Hall–Kier alpha value is -3.20. The number of H-pyrrole nitrogens is 1. The van der Waals surface area contributed by atoms with Crippen molar-refractivity contribution in [1.82, 2.24) is 9.97 Å². The molecule has 0 radical (unpaired) electrons. The summed E-state index contributed by atoms with van der Waals surface area (Å²) in [5, 5.41) is 13.2. The maximum absolute atomic E-state index is 10.1. The Kier molecular flexibility index (Phi) is 4.51.